The van der Waals surface area contributed by atoms with Crippen LogP contribution in [0.15, 0.2) is 11.1 Å². The Kier molecular flexibility index (Phi) is 4.72. The van der Waals surface area contributed by atoms with Crippen molar-refractivity contribution in [3.8, 4) is 0 Å². The lowest BCUT2D eigenvalue weighted by molar-refractivity contribution is 0.117. The summed E-state index contributed by atoms with van der Waals surface area (Å²) < 4.78 is 24.4. The Labute approximate surface area is 136 Å². The molecule has 1 aromatic heterocycles. The molecule has 8 nitrogen and oxygen atoms in total. The Morgan fingerprint density at radius 3 is 2.65 bits per heavy atom. The third-order valence-electron chi connectivity index (χ3n) is 4.40. The molecule has 1 unspecified atom stereocenters. The van der Waals surface area contributed by atoms with E-state index in [1.807, 2.05) is 13.8 Å². The second-order valence-electron chi connectivity index (χ2n) is 6.80. The second kappa shape index (κ2) is 6.12. The molecule has 2 heterocycles. The summed E-state index contributed by atoms with van der Waals surface area (Å²) in [7, 11) is -3.74. The van der Waals surface area contributed by atoms with E-state index < -0.39 is 16.1 Å². The maximum atomic E-state index is 11.4. The highest BCUT2D eigenvalue weighted by atomic mass is 32.2. The van der Waals surface area contributed by atoms with Crippen LogP contribution < -0.4 is 5.14 Å². The predicted octanol–water partition coefficient (Wildman–Crippen LogP) is 1.40. The first kappa shape index (κ1) is 17.7. The first-order valence-electron chi connectivity index (χ1n) is 7.58. The van der Waals surface area contributed by atoms with Gasteiger partial charge in [-0.2, -0.15) is 5.10 Å². The van der Waals surface area contributed by atoms with E-state index in [-0.39, 0.29) is 10.4 Å². The van der Waals surface area contributed by atoms with Gasteiger partial charge in [0.25, 0.3) is 0 Å². The van der Waals surface area contributed by atoms with Gasteiger partial charge in [-0.05, 0) is 46.0 Å². The normalized spacial score (nSPS) is 20.9. The number of amides is 1. The van der Waals surface area contributed by atoms with Crippen molar-refractivity contribution in [2.24, 2.45) is 11.1 Å². The van der Waals surface area contributed by atoms with Crippen LogP contribution in [0.25, 0.3) is 0 Å². The first-order chi connectivity index (χ1) is 10.5. The van der Waals surface area contributed by atoms with E-state index in [2.05, 4.69) is 5.10 Å². The Morgan fingerprint density at radius 2 is 2.17 bits per heavy atom. The first-order valence-corrected chi connectivity index (χ1v) is 9.13. The van der Waals surface area contributed by atoms with Gasteiger partial charge in [-0.1, -0.05) is 0 Å². The number of primary sulfonamides is 1. The van der Waals surface area contributed by atoms with Crippen LogP contribution in [-0.2, 0) is 16.6 Å². The largest absolute Gasteiger partial charge is 0.465 e. The van der Waals surface area contributed by atoms with Crippen LogP contribution in [0.2, 0.25) is 0 Å². The van der Waals surface area contributed by atoms with Gasteiger partial charge in [-0.3, -0.25) is 4.68 Å². The second-order valence-corrected chi connectivity index (χ2v) is 8.33. The van der Waals surface area contributed by atoms with Crippen LogP contribution in [-0.4, -0.2) is 46.4 Å². The molecule has 1 fully saturated rings. The summed E-state index contributed by atoms with van der Waals surface area (Å²) in [5.74, 6) is 0.315. The number of hydrogen-bond acceptors (Lipinski definition) is 4. The van der Waals surface area contributed by atoms with Crippen LogP contribution in [0.3, 0.4) is 0 Å². The van der Waals surface area contributed by atoms with Gasteiger partial charge < -0.3 is 10.0 Å². The van der Waals surface area contributed by atoms with E-state index in [1.165, 1.54) is 11.1 Å². The number of aromatic nitrogens is 2. The third kappa shape index (κ3) is 4.03. The van der Waals surface area contributed by atoms with E-state index in [9.17, 15) is 18.3 Å². The average molecular weight is 344 g/mol. The molecule has 1 saturated heterocycles. The van der Waals surface area contributed by atoms with Crippen molar-refractivity contribution in [2.75, 3.05) is 6.54 Å². The summed E-state index contributed by atoms with van der Waals surface area (Å²) in [6.07, 6.45) is 3.08. The number of likely N-dealkylation sites (tertiary alicyclic amines) is 1. The molecule has 9 heteroatoms. The molecule has 23 heavy (non-hydrogen) atoms. The minimum atomic E-state index is -3.74. The lowest BCUT2D eigenvalue weighted by Crippen LogP contribution is -2.41. The molecular formula is C14H24N4O4S. The molecule has 0 spiro atoms. The van der Waals surface area contributed by atoms with Crippen molar-refractivity contribution in [1.29, 1.82) is 0 Å². The fourth-order valence-corrected chi connectivity index (χ4v) is 4.07. The van der Waals surface area contributed by atoms with Gasteiger partial charge in [0.15, 0.2) is 0 Å². The fraction of sp³-hybridized carbons (Fsp3) is 0.714. The molecule has 130 valence electrons. The molecule has 2 rings (SSSR count). The van der Waals surface area contributed by atoms with E-state index in [4.69, 9.17) is 5.14 Å². The Bertz CT molecular complexity index is 696. The number of rotatable bonds is 5. The van der Waals surface area contributed by atoms with Crippen molar-refractivity contribution in [3.63, 3.8) is 0 Å². The molecule has 0 radical (unpaired) electrons. The zero-order valence-corrected chi connectivity index (χ0v) is 14.5. The number of carboxylic acid groups (broad SMARTS) is 1. The highest BCUT2D eigenvalue weighted by Crippen LogP contribution is 2.35. The van der Waals surface area contributed by atoms with Crippen LogP contribution in [0.1, 0.15) is 38.8 Å². The van der Waals surface area contributed by atoms with E-state index in [1.54, 1.807) is 11.6 Å². The molecule has 1 aliphatic rings. The van der Waals surface area contributed by atoms with E-state index in [0.717, 1.165) is 19.3 Å². The van der Waals surface area contributed by atoms with Gasteiger partial charge in [-0.25, -0.2) is 18.4 Å². The minimum Gasteiger partial charge on any atom is -0.465 e. The SMILES string of the molecule is Cc1nn(CCCC2CN(C(=O)O)C(C)(C)C2)cc1S(N)(=O)=O. The molecule has 0 aromatic carbocycles. The van der Waals surface area contributed by atoms with Crippen LogP contribution in [0.5, 0.6) is 0 Å². The van der Waals surface area contributed by atoms with Crippen molar-refractivity contribution < 1.29 is 18.3 Å². The maximum absolute atomic E-state index is 11.4. The molecule has 1 atom stereocenters. The highest BCUT2D eigenvalue weighted by Gasteiger charge is 2.40. The topological polar surface area (TPSA) is 119 Å². The Hall–Kier alpha value is -1.61. The van der Waals surface area contributed by atoms with Crippen molar-refractivity contribution in [3.05, 3.63) is 11.9 Å². The summed E-state index contributed by atoms with van der Waals surface area (Å²) in [6, 6.07) is 0. The molecule has 1 aromatic rings. The number of nitrogens with zero attached hydrogens (tertiary/aromatic N) is 3. The third-order valence-corrected chi connectivity index (χ3v) is 5.41. The van der Waals surface area contributed by atoms with Crippen LogP contribution >= 0.6 is 0 Å². The van der Waals surface area contributed by atoms with Crippen molar-refractivity contribution >= 4 is 16.1 Å². The lowest BCUT2D eigenvalue weighted by atomic mass is 9.93. The van der Waals surface area contributed by atoms with Crippen molar-refractivity contribution in [2.45, 2.75) is 57.0 Å². The zero-order chi connectivity index (χ0) is 17.4. The standard InChI is InChI=1S/C14H24N4O4S/c1-10-12(23(15,21)22)9-17(16-10)6-4-5-11-7-14(2,3)18(8-11)13(19)20/h9,11H,4-8H2,1-3H3,(H,19,20)(H2,15,21,22). The monoisotopic (exact) mass is 344 g/mol. The van der Waals surface area contributed by atoms with Crippen LogP contribution in [0.4, 0.5) is 4.79 Å². The molecule has 1 aliphatic heterocycles. The van der Waals surface area contributed by atoms with Gasteiger partial charge >= 0.3 is 6.09 Å². The molecule has 0 aliphatic carbocycles. The van der Waals surface area contributed by atoms with Gasteiger partial charge in [0.2, 0.25) is 10.0 Å². The van der Waals surface area contributed by atoms with Gasteiger partial charge in [-0.15, -0.1) is 0 Å². The quantitative estimate of drug-likeness (QED) is 0.837. The summed E-state index contributed by atoms with van der Waals surface area (Å²) in [6.45, 7) is 6.62. The van der Waals surface area contributed by atoms with Gasteiger partial charge in [0.1, 0.15) is 4.90 Å². The van der Waals surface area contributed by atoms with Gasteiger partial charge in [0, 0.05) is 24.8 Å². The van der Waals surface area contributed by atoms with E-state index >= 15 is 0 Å². The Morgan fingerprint density at radius 1 is 1.52 bits per heavy atom. The van der Waals surface area contributed by atoms with E-state index in [0.29, 0.717) is 24.7 Å². The minimum absolute atomic E-state index is 0.0524. The number of sulfonamides is 1. The lowest BCUT2D eigenvalue weighted by Gasteiger charge is -2.28. The van der Waals surface area contributed by atoms with Crippen LogP contribution in [0, 0.1) is 12.8 Å². The Balaban J connectivity index is 1.91. The average Bonchev–Trinajstić information content (AvgIpc) is 2.89. The summed E-state index contributed by atoms with van der Waals surface area (Å²) in [5.41, 5.74) is 0.0612. The number of hydrogen-bond donors (Lipinski definition) is 2. The maximum Gasteiger partial charge on any atom is 0.407 e. The zero-order valence-electron chi connectivity index (χ0n) is 13.7. The predicted molar refractivity (Wildman–Crippen MR) is 84.5 cm³/mol. The number of carbonyl (C=O) groups is 1. The highest BCUT2D eigenvalue weighted by molar-refractivity contribution is 7.89. The summed E-state index contributed by atoms with van der Waals surface area (Å²) >= 11 is 0. The molecule has 0 bridgehead atoms. The number of aryl methyl sites for hydroxylation is 2. The summed E-state index contributed by atoms with van der Waals surface area (Å²) in [5, 5.41) is 18.5. The molecule has 1 amide bonds. The number of nitrogens with two attached hydrogens (primary N) is 1. The molecule has 3 N–H and O–H groups in total. The summed E-state index contributed by atoms with van der Waals surface area (Å²) in [4.78, 5) is 12.8. The van der Waals surface area contributed by atoms with Crippen molar-refractivity contribution in [1.82, 2.24) is 14.7 Å². The molecule has 0 saturated carbocycles. The fourth-order valence-electron chi connectivity index (χ4n) is 3.35. The smallest absolute Gasteiger partial charge is 0.407 e. The molecular weight excluding hydrogens is 320 g/mol. The van der Waals surface area contributed by atoms with Gasteiger partial charge in [0.05, 0.1) is 5.69 Å².